The Labute approximate surface area is 165 Å². The minimum atomic E-state index is 0.272. The van der Waals surface area contributed by atoms with Crippen LogP contribution in [-0.4, -0.2) is 30.7 Å². The van der Waals surface area contributed by atoms with Crippen LogP contribution in [0, 0.1) is 0 Å². The maximum absolute atomic E-state index is 6.11. The number of nitrogens with one attached hydrogen (secondary N) is 2. The van der Waals surface area contributed by atoms with Gasteiger partial charge in [-0.3, -0.25) is 0 Å². The summed E-state index contributed by atoms with van der Waals surface area (Å²) in [5.74, 6) is 1.92. The summed E-state index contributed by atoms with van der Waals surface area (Å²) in [7, 11) is 3.57. The van der Waals surface area contributed by atoms with Gasteiger partial charge >= 0.3 is 0 Å². The second-order valence-electron chi connectivity index (χ2n) is 6.05. The van der Waals surface area contributed by atoms with Crippen molar-refractivity contribution < 1.29 is 4.74 Å². The lowest BCUT2D eigenvalue weighted by molar-refractivity contribution is 0.406. The van der Waals surface area contributed by atoms with Gasteiger partial charge in [0, 0.05) is 31.7 Å². The smallest absolute Gasteiger partial charge is 0.191 e. The molecular formula is C19H26Cl2N4O. The van der Waals surface area contributed by atoms with E-state index in [2.05, 4.69) is 28.6 Å². The first-order valence-electron chi connectivity index (χ1n) is 8.62. The normalized spacial score (nSPS) is 12.8. The van der Waals surface area contributed by atoms with Gasteiger partial charge in [0.2, 0.25) is 0 Å². The lowest BCUT2D eigenvalue weighted by atomic mass is 10.0. The molecule has 0 aliphatic rings. The first-order valence-corrected chi connectivity index (χ1v) is 9.38. The molecule has 0 spiro atoms. The Morgan fingerprint density at radius 2 is 2.00 bits per heavy atom. The number of benzene rings is 1. The molecule has 142 valence electrons. The SMILES string of the molecule is CCNC(=NCc1cc(Cl)c(Cl)n1C)NCC(C)c1ccccc1OC. The van der Waals surface area contributed by atoms with Crippen molar-refractivity contribution in [2.45, 2.75) is 26.3 Å². The summed E-state index contributed by atoms with van der Waals surface area (Å²) in [4.78, 5) is 4.63. The van der Waals surface area contributed by atoms with Gasteiger partial charge in [0.05, 0.1) is 18.7 Å². The van der Waals surface area contributed by atoms with Gasteiger partial charge in [0.1, 0.15) is 10.9 Å². The number of aliphatic imine (C=N–C) groups is 1. The van der Waals surface area contributed by atoms with Crippen LogP contribution >= 0.6 is 23.2 Å². The maximum atomic E-state index is 6.11. The van der Waals surface area contributed by atoms with E-state index in [-0.39, 0.29) is 5.92 Å². The van der Waals surface area contributed by atoms with Crippen molar-refractivity contribution in [3.8, 4) is 5.75 Å². The molecule has 5 nitrogen and oxygen atoms in total. The second kappa shape index (κ2) is 9.74. The molecule has 0 fully saturated rings. The number of para-hydroxylation sites is 1. The lowest BCUT2D eigenvalue weighted by Gasteiger charge is -2.18. The first kappa shape index (κ1) is 20.5. The molecule has 1 aromatic heterocycles. The number of guanidine groups is 1. The number of ether oxygens (including phenoxy) is 1. The van der Waals surface area contributed by atoms with Crippen LogP contribution in [-0.2, 0) is 13.6 Å². The molecule has 0 bridgehead atoms. The van der Waals surface area contributed by atoms with Crippen LogP contribution in [0.3, 0.4) is 0 Å². The average Bonchev–Trinajstić information content (AvgIpc) is 2.90. The Hall–Kier alpha value is -1.85. The van der Waals surface area contributed by atoms with Crippen molar-refractivity contribution in [2.75, 3.05) is 20.2 Å². The van der Waals surface area contributed by atoms with E-state index >= 15 is 0 Å². The summed E-state index contributed by atoms with van der Waals surface area (Å²) in [6, 6.07) is 9.91. The zero-order valence-corrected chi connectivity index (χ0v) is 17.2. The molecule has 1 heterocycles. The van der Waals surface area contributed by atoms with E-state index in [1.54, 1.807) is 7.11 Å². The van der Waals surface area contributed by atoms with Gasteiger partial charge in [0.15, 0.2) is 5.96 Å². The fourth-order valence-corrected chi connectivity index (χ4v) is 3.09. The summed E-state index contributed by atoms with van der Waals surface area (Å²) < 4.78 is 7.29. The van der Waals surface area contributed by atoms with Gasteiger partial charge < -0.3 is 19.9 Å². The molecule has 0 saturated heterocycles. The Kier molecular flexibility index (Phi) is 7.66. The molecule has 0 radical (unpaired) electrons. The summed E-state index contributed by atoms with van der Waals surface area (Å²) >= 11 is 12.2. The zero-order chi connectivity index (χ0) is 19.1. The highest BCUT2D eigenvalue weighted by Crippen LogP contribution is 2.26. The van der Waals surface area contributed by atoms with Crippen molar-refractivity contribution in [3.05, 3.63) is 51.8 Å². The van der Waals surface area contributed by atoms with Gasteiger partial charge in [-0.2, -0.15) is 0 Å². The Balaban J connectivity index is 2.04. The van der Waals surface area contributed by atoms with Gasteiger partial charge in [0.25, 0.3) is 0 Å². The van der Waals surface area contributed by atoms with Crippen LogP contribution in [0.1, 0.15) is 31.0 Å². The minimum Gasteiger partial charge on any atom is -0.496 e. The standard InChI is InChI=1S/C19H26Cl2N4O/c1-5-22-19(24-12-14-10-16(20)18(21)25(14)3)23-11-13(2)15-8-6-7-9-17(15)26-4/h6-10,13H,5,11-12H2,1-4H3,(H2,22,23,24). The fourth-order valence-electron chi connectivity index (χ4n) is 2.68. The molecule has 2 aromatic rings. The van der Waals surface area contributed by atoms with Gasteiger partial charge in [-0.1, -0.05) is 48.3 Å². The van der Waals surface area contributed by atoms with E-state index in [9.17, 15) is 0 Å². The molecule has 0 saturated carbocycles. The molecule has 1 aromatic carbocycles. The average molecular weight is 397 g/mol. The Bertz CT molecular complexity index is 758. The van der Waals surface area contributed by atoms with E-state index in [4.69, 9.17) is 27.9 Å². The van der Waals surface area contributed by atoms with E-state index in [0.29, 0.717) is 16.7 Å². The molecule has 0 aliphatic heterocycles. The van der Waals surface area contributed by atoms with Crippen molar-refractivity contribution in [2.24, 2.45) is 12.0 Å². The third-order valence-corrected chi connectivity index (χ3v) is 5.05. The molecule has 1 atom stereocenters. The lowest BCUT2D eigenvalue weighted by Crippen LogP contribution is -2.39. The monoisotopic (exact) mass is 396 g/mol. The van der Waals surface area contributed by atoms with E-state index < -0.39 is 0 Å². The highest BCUT2D eigenvalue weighted by molar-refractivity contribution is 6.41. The Morgan fingerprint density at radius 1 is 1.27 bits per heavy atom. The van der Waals surface area contributed by atoms with E-state index in [0.717, 1.165) is 30.5 Å². The summed E-state index contributed by atoms with van der Waals surface area (Å²) in [6.45, 7) is 6.20. The largest absolute Gasteiger partial charge is 0.496 e. The quantitative estimate of drug-likeness (QED) is 0.544. The van der Waals surface area contributed by atoms with Crippen molar-refractivity contribution in [1.82, 2.24) is 15.2 Å². The number of methoxy groups -OCH3 is 1. The fraction of sp³-hybridized carbons (Fsp3) is 0.421. The molecule has 0 amide bonds. The number of rotatable bonds is 7. The van der Waals surface area contributed by atoms with Crippen molar-refractivity contribution in [3.63, 3.8) is 0 Å². The summed E-state index contributed by atoms with van der Waals surface area (Å²) in [6.07, 6.45) is 0. The molecule has 2 rings (SSSR count). The third-order valence-electron chi connectivity index (χ3n) is 4.20. The van der Waals surface area contributed by atoms with Gasteiger partial charge in [-0.05, 0) is 24.6 Å². The molecule has 2 N–H and O–H groups in total. The number of aromatic nitrogens is 1. The maximum Gasteiger partial charge on any atom is 0.191 e. The predicted molar refractivity (Wildman–Crippen MR) is 110 cm³/mol. The van der Waals surface area contributed by atoms with E-state index in [1.807, 2.05) is 42.8 Å². The van der Waals surface area contributed by atoms with Crippen LogP contribution in [0.4, 0.5) is 0 Å². The minimum absolute atomic E-state index is 0.272. The van der Waals surface area contributed by atoms with Crippen LogP contribution in [0.25, 0.3) is 0 Å². The van der Waals surface area contributed by atoms with Crippen molar-refractivity contribution >= 4 is 29.2 Å². The van der Waals surface area contributed by atoms with Crippen LogP contribution < -0.4 is 15.4 Å². The molecule has 1 unspecified atom stereocenters. The predicted octanol–water partition coefficient (Wildman–Crippen LogP) is 4.20. The summed E-state index contributed by atoms with van der Waals surface area (Å²) in [5.41, 5.74) is 2.12. The van der Waals surface area contributed by atoms with Gasteiger partial charge in [-0.15, -0.1) is 0 Å². The first-order chi connectivity index (χ1) is 12.5. The highest BCUT2D eigenvalue weighted by atomic mass is 35.5. The second-order valence-corrected chi connectivity index (χ2v) is 6.82. The molecule has 26 heavy (non-hydrogen) atoms. The molecular weight excluding hydrogens is 371 g/mol. The third kappa shape index (κ3) is 5.08. The highest BCUT2D eigenvalue weighted by Gasteiger charge is 2.12. The number of hydrogen-bond acceptors (Lipinski definition) is 2. The number of nitrogens with zero attached hydrogens (tertiary/aromatic N) is 2. The number of halogens is 2. The van der Waals surface area contributed by atoms with Gasteiger partial charge in [-0.25, -0.2) is 4.99 Å². The molecule has 0 aliphatic carbocycles. The number of hydrogen-bond donors (Lipinski definition) is 2. The van der Waals surface area contributed by atoms with E-state index in [1.165, 1.54) is 5.56 Å². The van der Waals surface area contributed by atoms with Crippen LogP contribution in [0.5, 0.6) is 5.75 Å². The van der Waals surface area contributed by atoms with Crippen LogP contribution in [0.2, 0.25) is 10.2 Å². The van der Waals surface area contributed by atoms with Crippen molar-refractivity contribution in [1.29, 1.82) is 0 Å². The Morgan fingerprint density at radius 3 is 2.62 bits per heavy atom. The summed E-state index contributed by atoms with van der Waals surface area (Å²) in [5, 5.41) is 7.72. The van der Waals surface area contributed by atoms with Crippen LogP contribution in [0.15, 0.2) is 35.3 Å². The zero-order valence-electron chi connectivity index (χ0n) is 15.6. The molecule has 7 heteroatoms. The topological polar surface area (TPSA) is 50.6 Å².